The van der Waals surface area contributed by atoms with Gasteiger partial charge in [-0.3, -0.25) is 9.55 Å². The molecular formula is C72H65N3O. The molecule has 76 heavy (non-hydrogen) atoms. The summed E-state index contributed by atoms with van der Waals surface area (Å²) in [6, 6.07) is 78.1. The minimum Gasteiger partial charge on any atom is -0.507 e. The van der Waals surface area contributed by atoms with Crippen LogP contribution in [0.25, 0.3) is 106 Å². The largest absolute Gasteiger partial charge is 0.507 e. The number of imidazole rings is 1. The molecule has 374 valence electrons. The highest BCUT2D eigenvalue weighted by molar-refractivity contribution is 5.99. The first kappa shape index (κ1) is 49.6. The van der Waals surface area contributed by atoms with Gasteiger partial charge < -0.3 is 5.11 Å². The molecule has 0 bridgehead atoms. The van der Waals surface area contributed by atoms with Crippen LogP contribution in [-0.2, 0) is 16.2 Å². The third-order valence-corrected chi connectivity index (χ3v) is 14.8. The normalized spacial score (nSPS) is 12.1. The summed E-state index contributed by atoms with van der Waals surface area (Å²) in [4.78, 5) is 10.9. The molecule has 1 N–H and O–H groups in total. The number of nitrogens with zero attached hydrogens (tertiary/aromatic N) is 3. The molecule has 11 aromatic rings. The minimum atomic E-state index is -0.364. The average molecular weight is 988 g/mol. The summed E-state index contributed by atoms with van der Waals surface area (Å²) in [5, 5.41) is 12.9. The van der Waals surface area contributed by atoms with Crippen molar-refractivity contribution >= 4 is 11.0 Å². The predicted molar refractivity (Wildman–Crippen MR) is 320 cm³/mol. The van der Waals surface area contributed by atoms with Crippen LogP contribution in [0.5, 0.6) is 5.75 Å². The van der Waals surface area contributed by atoms with Gasteiger partial charge in [0.1, 0.15) is 11.6 Å². The fourth-order valence-corrected chi connectivity index (χ4v) is 10.6. The van der Waals surface area contributed by atoms with Crippen molar-refractivity contribution in [3.63, 3.8) is 0 Å². The molecule has 0 aliphatic heterocycles. The number of hydrogen-bond acceptors (Lipinski definition) is 3. The van der Waals surface area contributed by atoms with Crippen LogP contribution >= 0.6 is 0 Å². The molecule has 0 saturated heterocycles. The number of aromatic nitrogens is 3. The molecule has 0 spiro atoms. The zero-order valence-electron chi connectivity index (χ0n) is 45.2. The van der Waals surface area contributed by atoms with Crippen LogP contribution in [0.1, 0.15) is 79.0 Å². The van der Waals surface area contributed by atoms with Crippen LogP contribution in [0.3, 0.4) is 0 Å². The monoisotopic (exact) mass is 988 g/mol. The van der Waals surface area contributed by atoms with Crippen molar-refractivity contribution < 1.29 is 5.11 Å². The second-order valence-corrected chi connectivity index (χ2v) is 23.3. The Hall–Kier alpha value is -8.60. The summed E-state index contributed by atoms with van der Waals surface area (Å²) in [5.74, 6) is 0.909. The van der Waals surface area contributed by atoms with Gasteiger partial charge >= 0.3 is 0 Å². The van der Waals surface area contributed by atoms with Crippen LogP contribution in [0, 0.1) is 0 Å². The number of phenolic OH excluding ortho intramolecular Hbond substituents is 1. The number of hydrogen-bond donors (Lipinski definition) is 1. The Bertz CT molecular complexity index is 3890. The highest BCUT2D eigenvalue weighted by atomic mass is 16.3. The summed E-state index contributed by atoms with van der Waals surface area (Å²) in [6.45, 7) is 20.1. The summed E-state index contributed by atoms with van der Waals surface area (Å²) in [5.41, 5.74) is 21.0. The van der Waals surface area contributed by atoms with Crippen molar-refractivity contribution in [1.82, 2.24) is 14.5 Å². The van der Waals surface area contributed by atoms with Crippen molar-refractivity contribution in [2.75, 3.05) is 0 Å². The van der Waals surface area contributed by atoms with E-state index in [-0.39, 0.29) is 22.0 Å². The summed E-state index contributed by atoms with van der Waals surface area (Å²) >= 11 is 0. The Balaban J connectivity index is 1.20. The van der Waals surface area contributed by atoms with Crippen molar-refractivity contribution in [3.05, 3.63) is 241 Å². The van der Waals surface area contributed by atoms with Gasteiger partial charge in [-0.2, -0.15) is 0 Å². The second kappa shape index (κ2) is 19.6. The van der Waals surface area contributed by atoms with Gasteiger partial charge in [0, 0.05) is 28.5 Å². The fraction of sp³-hybridized carbons (Fsp3) is 0.167. The van der Waals surface area contributed by atoms with Crippen LogP contribution in [0.2, 0.25) is 0 Å². The molecule has 9 aromatic carbocycles. The lowest BCUT2D eigenvalue weighted by atomic mass is 9.78. The maximum absolute atomic E-state index is 12.9. The van der Waals surface area contributed by atoms with Crippen molar-refractivity contribution in [1.29, 1.82) is 0 Å². The Morgan fingerprint density at radius 2 is 0.868 bits per heavy atom. The van der Waals surface area contributed by atoms with Gasteiger partial charge in [-0.25, -0.2) is 4.98 Å². The standard InChI is InChI=1S/C72H65N3O/c1-70(2,3)57-43-61(68(76)63(44-57)72(7,8)9)69-74-67-58(31-22-32-65(67)75(69)66-46-59(51-27-18-12-19-28-51)62(71(4,5)6)45-60(66)52-29-20-13-21-30-52)55-39-54(48-25-16-11-17-26-48)40-56(41-55)64-42-53(37-38-73-64)50-35-33-49(34-36-50)47-23-14-10-15-24-47/h10-46,76H,1-9H3. The molecule has 11 rings (SSSR count). The first-order chi connectivity index (χ1) is 36.5. The molecule has 0 fully saturated rings. The lowest BCUT2D eigenvalue weighted by Crippen LogP contribution is -2.17. The van der Waals surface area contributed by atoms with Crippen LogP contribution in [0.4, 0.5) is 0 Å². The molecule has 0 saturated carbocycles. The number of fused-ring (bicyclic) bond motifs is 1. The topological polar surface area (TPSA) is 50.9 Å². The van der Waals surface area contributed by atoms with E-state index in [1.807, 2.05) is 6.20 Å². The van der Waals surface area contributed by atoms with Gasteiger partial charge in [0.05, 0.1) is 28.0 Å². The van der Waals surface area contributed by atoms with Gasteiger partial charge in [0.25, 0.3) is 0 Å². The van der Waals surface area contributed by atoms with E-state index in [0.717, 1.165) is 94.7 Å². The minimum absolute atomic E-state index is 0.190. The van der Waals surface area contributed by atoms with E-state index in [1.165, 1.54) is 16.7 Å². The number of rotatable bonds is 9. The van der Waals surface area contributed by atoms with Gasteiger partial charge in [-0.15, -0.1) is 0 Å². The van der Waals surface area contributed by atoms with E-state index in [1.54, 1.807) is 0 Å². The van der Waals surface area contributed by atoms with Gasteiger partial charge in [-0.05, 0) is 138 Å². The highest BCUT2D eigenvalue weighted by Crippen LogP contribution is 2.48. The van der Waals surface area contributed by atoms with E-state index < -0.39 is 0 Å². The molecule has 0 aliphatic carbocycles. The van der Waals surface area contributed by atoms with E-state index in [2.05, 4.69) is 285 Å². The maximum atomic E-state index is 12.9. The number of pyridine rings is 1. The Kier molecular flexibility index (Phi) is 12.8. The number of aromatic hydroxyl groups is 1. The van der Waals surface area contributed by atoms with Crippen LogP contribution < -0.4 is 0 Å². The Labute approximate surface area is 449 Å². The SMILES string of the molecule is CC(C)(C)c1cc(-c2nc3c(-c4cc(-c5ccccc5)cc(-c5cc(-c6ccc(-c7ccccc7)cc6)ccn5)c4)cccc3n2-c2cc(-c3ccccc3)c(C(C)(C)C)cc2-c2ccccc2)c(O)c(C(C)(C)C)c1. The molecule has 4 heteroatoms. The van der Waals surface area contributed by atoms with Gasteiger partial charge in [0.15, 0.2) is 0 Å². The maximum Gasteiger partial charge on any atom is 0.149 e. The predicted octanol–water partition coefficient (Wildman–Crippen LogP) is 19.4. The van der Waals surface area contributed by atoms with E-state index >= 15 is 0 Å². The number of benzene rings is 9. The van der Waals surface area contributed by atoms with E-state index in [0.29, 0.717) is 11.4 Å². The molecule has 0 radical (unpaired) electrons. The summed E-state index contributed by atoms with van der Waals surface area (Å²) < 4.78 is 2.32. The third-order valence-electron chi connectivity index (χ3n) is 14.8. The lowest BCUT2D eigenvalue weighted by Gasteiger charge is -2.28. The molecule has 0 aliphatic rings. The molecule has 0 unspecified atom stereocenters. The first-order valence-corrected chi connectivity index (χ1v) is 26.5. The highest BCUT2D eigenvalue weighted by Gasteiger charge is 2.31. The number of para-hydroxylation sites is 1. The quantitative estimate of drug-likeness (QED) is 0.157. The summed E-state index contributed by atoms with van der Waals surface area (Å²) in [6.07, 6.45) is 1.92. The Morgan fingerprint density at radius 1 is 0.355 bits per heavy atom. The smallest absolute Gasteiger partial charge is 0.149 e. The van der Waals surface area contributed by atoms with Gasteiger partial charge in [0.2, 0.25) is 0 Å². The Morgan fingerprint density at radius 3 is 1.45 bits per heavy atom. The van der Waals surface area contributed by atoms with Gasteiger partial charge in [-0.1, -0.05) is 226 Å². The first-order valence-electron chi connectivity index (χ1n) is 26.5. The molecule has 0 amide bonds. The fourth-order valence-electron chi connectivity index (χ4n) is 10.6. The van der Waals surface area contributed by atoms with Crippen molar-refractivity contribution in [2.24, 2.45) is 0 Å². The summed E-state index contributed by atoms with van der Waals surface area (Å²) in [7, 11) is 0. The lowest BCUT2D eigenvalue weighted by molar-refractivity contribution is 0.446. The van der Waals surface area contributed by atoms with E-state index in [9.17, 15) is 5.11 Å². The molecule has 0 atom stereocenters. The average Bonchev–Trinajstić information content (AvgIpc) is 3.82. The third kappa shape index (κ3) is 9.68. The zero-order chi connectivity index (χ0) is 52.9. The molecule has 4 nitrogen and oxygen atoms in total. The van der Waals surface area contributed by atoms with Crippen LogP contribution in [-0.4, -0.2) is 19.6 Å². The molecule has 2 aromatic heterocycles. The van der Waals surface area contributed by atoms with Crippen LogP contribution in [0.15, 0.2) is 225 Å². The number of phenols is 1. The zero-order valence-corrected chi connectivity index (χ0v) is 45.2. The van der Waals surface area contributed by atoms with E-state index in [4.69, 9.17) is 9.97 Å². The van der Waals surface area contributed by atoms with Crippen molar-refractivity contribution in [2.45, 2.75) is 78.6 Å². The molecular weight excluding hydrogens is 923 g/mol. The van der Waals surface area contributed by atoms with Crippen molar-refractivity contribution in [3.8, 4) is 101 Å². The molecule has 2 heterocycles. The second-order valence-electron chi connectivity index (χ2n) is 23.3.